The lowest BCUT2D eigenvalue weighted by Gasteiger charge is -2.12. The maximum Gasteiger partial charge on any atom is 0.249 e. The quantitative estimate of drug-likeness (QED) is 0.326. The normalized spacial score (nSPS) is 11.3. The molecule has 5 aromatic rings. The average Bonchev–Trinajstić information content (AvgIpc) is 3.09. The molecular weight excluding hydrogens is 416 g/mol. The van der Waals surface area contributed by atoms with Crippen molar-refractivity contribution in [3.05, 3.63) is 106 Å². The summed E-state index contributed by atoms with van der Waals surface area (Å²) in [5.41, 5.74) is 14.3. The zero-order chi connectivity index (χ0) is 22.4. The number of carbonyl (C=O) groups excluding carboxylic acids is 1. The van der Waals surface area contributed by atoms with Crippen LogP contribution >= 0.6 is 11.6 Å². The van der Waals surface area contributed by atoms with Crippen LogP contribution in [-0.2, 0) is 6.54 Å². The molecule has 158 valence electrons. The van der Waals surface area contributed by atoms with E-state index in [0.29, 0.717) is 17.1 Å². The van der Waals surface area contributed by atoms with Crippen LogP contribution in [0.2, 0.25) is 5.02 Å². The smallest absolute Gasteiger partial charge is 0.249 e. The lowest BCUT2D eigenvalue weighted by atomic mass is 10.0. The van der Waals surface area contributed by atoms with E-state index in [1.165, 1.54) is 16.7 Å². The fourth-order valence-corrected chi connectivity index (χ4v) is 4.66. The van der Waals surface area contributed by atoms with Crippen LogP contribution in [0, 0.1) is 13.8 Å². The van der Waals surface area contributed by atoms with Crippen molar-refractivity contribution in [3.63, 3.8) is 0 Å². The highest BCUT2D eigenvalue weighted by Crippen LogP contribution is 2.35. The number of amides is 1. The Hall–Kier alpha value is -3.56. The highest BCUT2D eigenvalue weighted by atomic mass is 35.5. The molecular formula is C28H23ClN2O. The summed E-state index contributed by atoms with van der Waals surface area (Å²) < 4.78 is 2.29. The van der Waals surface area contributed by atoms with E-state index < -0.39 is 5.91 Å². The Labute approximate surface area is 192 Å². The van der Waals surface area contributed by atoms with Gasteiger partial charge in [0.05, 0.1) is 11.0 Å². The van der Waals surface area contributed by atoms with Crippen molar-refractivity contribution in [2.24, 2.45) is 5.73 Å². The number of rotatable bonds is 4. The summed E-state index contributed by atoms with van der Waals surface area (Å²) in [5, 5.41) is 2.64. The Kier molecular flexibility index (Phi) is 4.99. The zero-order valence-electron chi connectivity index (χ0n) is 18.0. The second kappa shape index (κ2) is 7.85. The van der Waals surface area contributed by atoms with Crippen molar-refractivity contribution >= 4 is 39.3 Å². The van der Waals surface area contributed by atoms with Gasteiger partial charge in [-0.05, 0) is 66.4 Å². The number of hydrogen-bond donors (Lipinski definition) is 1. The van der Waals surface area contributed by atoms with E-state index in [9.17, 15) is 4.79 Å². The molecule has 1 heterocycles. The third-order valence-electron chi connectivity index (χ3n) is 6.16. The van der Waals surface area contributed by atoms with E-state index in [4.69, 9.17) is 17.3 Å². The number of fused-ring (bicyclic) bond motifs is 3. The molecule has 0 unspecified atom stereocenters. The van der Waals surface area contributed by atoms with E-state index in [1.54, 1.807) is 6.07 Å². The highest BCUT2D eigenvalue weighted by Gasteiger charge is 2.17. The molecule has 0 saturated carbocycles. The zero-order valence-corrected chi connectivity index (χ0v) is 18.8. The second-order valence-electron chi connectivity index (χ2n) is 8.32. The summed E-state index contributed by atoms with van der Waals surface area (Å²) in [6, 6.07) is 26.5. The molecule has 0 atom stereocenters. The highest BCUT2D eigenvalue weighted by molar-refractivity contribution is 6.30. The molecule has 3 nitrogen and oxygen atoms in total. The molecule has 0 aliphatic rings. The molecule has 0 radical (unpaired) electrons. The predicted octanol–water partition coefficient (Wildman–Crippen LogP) is 6.88. The molecule has 2 N–H and O–H groups in total. The monoisotopic (exact) mass is 438 g/mol. The number of carbonyl (C=O) groups is 1. The minimum absolute atomic E-state index is 0.414. The van der Waals surface area contributed by atoms with Crippen LogP contribution in [0.15, 0.2) is 78.9 Å². The van der Waals surface area contributed by atoms with Gasteiger partial charge in [-0.25, -0.2) is 0 Å². The molecule has 0 aliphatic carbocycles. The average molecular weight is 439 g/mol. The molecule has 5 rings (SSSR count). The Morgan fingerprint density at radius 2 is 1.62 bits per heavy atom. The first-order valence-corrected chi connectivity index (χ1v) is 11.0. The summed E-state index contributed by atoms with van der Waals surface area (Å²) in [4.78, 5) is 12.2. The van der Waals surface area contributed by atoms with Crippen molar-refractivity contribution in [1.29, 1.82) is 0 Å². The van der Waals surface area contributed by atoms with Gasteiger partial charge in [-0.2, -0.15) is 0 Å². The summed E-state index contributed by atoms with van der Waals surface area (Å²) in [7, 11) is 0. The van der Waals surface area contributed by atoms with Crippen LogP contribution in [0.5, 0.6) is 0 Å². The molecule has 0 spiro atoms. The van der Waals surface area contributed by atoms with Gasteiger partial charge >= 0.3 is 0 Å². The molecule has 1 aromatic heterocycles. The molecule has 1 amide bonds. The predicted molar refractivity (Wildman–Crippen MR) is 133 cm³/mol. The lowest BCUT2D eigenvalue weighted by molar-refractivity contribution is 0.100. The minimum Gasteiger partial charge on any atom is -0.366 e. The van der Waals surface area contributed by atoms with Gasteiger partial charge in [0.1, 0.15) is 0 Å². The van der Waals surface area contributed by atoms with Gasteiger partial charge in [0.2, 0.25) is 5.91 Å². The summed E-state index contributed by atoms with van der Waals surface area (Å²) in [5.74, 6) is -0.414. The largest absolute Gasteiger partial charge is 0.366 e. The Morgan fingerprint density at radius 1 is 0.875 bits per heavy atom. The number of aromatic nitrogens is 1. The fourth-order valence-electron chi connectivity index (χ4n) is 4.54. The first-order chi connectivity index (χ1) is 15.4. The van der Waals surface area contributed by atoms with Crippen LogP contribution in [0.4, 0.5) is 0 Å². The number of nitrogens with two attached hydrogens (primary N) is 1. The Bertz CT molecular complexity index is 1500. The van der Waals surface area contributed by atoms with E-state index in [0.717, 1.165) is 32.9 Å². The lowest BCUT2D eigenvalue weighted by Crippen LogP contribution is -2.11. The van der Waals surface area contributed by atoms with Crippen molar-refractivity contribution in [3.8, 4) is 11.1 Å². The number of primary amides is 1. The van der Waals surface area contributed by atoms with E-state index in [-0.39, 0.29) is 0 Å². The molecule has 32 heavy (non-hydrogen) atoms. The van der Waals surface area contributed by atoms with E-state index in [2.05, 4.69) is 60.9 Å². The summed E-state index contributed by atoms with van der Waals surface area (Å²) >= 11 is 6.09. The first-order valence-electron chi connectivity index (χ1n) is 10.6. The third-order valence-corrected chi connectivity index (χ3v) is 6.41. The maximum absolute atomic E-state index is 12.2. The Morgan fingerprint density at radius 3 is 2.34 bits per heavy atom. The van der Waals surface area contributed by atoms with Gasteiger partial charge in [-0.3, -0.25) is 4.79 Å². The van der Waals surface area contributed by atoms with E-state index >= 15 is 0 Å². The standard InChI is InChI=1S/C28H23ClN2O/c1-17-6-7-21(18(2)14-17)16-31-25-5-3-4-24(28(30)32)27(25)23-13-10-20(15-26(23)31)19-8-11-22(29)12-9-19/h3-15H,16H2,1-2H3,(H2,30,32). The van der Waals surface area contributed by atoms with Crippen LogP contribution in [0.25, 0.3) is 32.9 Å². The molecule has 4 aromatic carbocycles. The van der Waals surface area contributed by atoms with Crippen molar-refractivity contribution in [2.75, 3.05) is 0 Å². The molecule has 0 fully saturated rings. The minimum atomic E-state index is -0.414. The van der Waals surface area contributed by atoms with Crippen LogP contribution in [0.3, 0.4) is 0 Å². The first kappa shape index (κ1) is 20.3. The van der Waals surface area contributed by atoms with Gasteiger partial charge in [0, 0.05) is 27.9 Å². The topological polar surface area (TPSA) is 48.0 Å². The SMILES string of the molecule is Cc1ccc(Cn2c3cc(-c4ccc(Cl)cc4)ccc3c3c(C(N)=O)cccc32)c(C)c1. The number of nitrogens with zero attached hydrogens (tertiary/aromatic N) is 1. The van der Waals surface area contributed by atoms with Gasteiger partial charge < -0.3 is 10.3 Å². The fraction of sp³-hybridized carbons (Fsp3) is 0.107. The second-order valence-corrected chi connectivity index (χ2v) is 8.76. The van der Waals surface area contributed by atoms with Crippen molar-refractivity contribution < 1.29 is 4.79 Å². The number of benzene rings is 4. The van der Waals surface area contributed by atoms with Crippen LogP contribution in [0.1, 0.15) is 27.0 Å². The van der Waals surface area contributed by atoms with Crippen molar-refractivity contribution in [1.82, 2.24) is 4.57 Å². The van der Waals surface area contributed by atoms with Gasteiger partial charge in [0.15, 0.2) is 0 Å². The third kappa shape index (κ3) is 3.45. The van der Waals surface area contributed by atoms with Gasteiger partial charge in [0.25, 0.3) is 0 Å². The maximum atomic E-state index is 12.2. The van der Waals surface area contributed by atoms with Crippen LogP contribution < -0.4 is 5.73 Å². The van der Waals surface area contributed by atoms with Gasteiger partial charge in [-0.1, -0.05) is 65.7 Å². The number of aryl methyl sites for hydroxylation is 2. The van der Waals surface area contributed by atoms with E-state index in [1.807, 2.05) is 30.3 Å². The van der Waals surface area contributed by atoms with Crippen LogP contribution in [-0.4, -0.2) is 10.5 Å². The number of halogens is 1. The molecule has 0 saturated heterocycles. The molecule has 0 aliphatic heterocycles. The molecule has 0 bridgehead atoms. The Balaban J connectivity index is 1.80. The van der Waals surface area contributed by atoms with Gasteiger partial charge in [-0.15, -0.1) is 0 Å². The summed E-state index contributed by atoms with van der Waals surface area (Å²) in [6.07, 6.45) is 0. The van der Waals surface area contributed by atoms with Crippen molar-refractivity contribution in [2.45, 2.75) is 20.4 Å². The summed E-state index contributed by atoms with van der Waals surface area (Å²) in [6.45, 7) is 4.96. The number of hydrogen-bond acceptors (Lipinski definition) is 1. The molecule has 4 heteroatoms.